The van der Waals surface area contributed by atoms with Gasteiger partial charge in [0.1, 0.15) is 12.4 Å². The molecule has 4 nitrogen and oxygen atoms in total. The van der Waals surface area contributed by atoms with Gasteiger partial charge in [-0.15, -0.1) is 0 Å². The van der Waals surface area contributed by atoms with Gasteiger partial charge in [0.25, 0.3) is 0 Å². The third-order valence-corrected chi connectivity index (χ3v) is 3.39. The number of ether oxygens (including phenoxy) is 2. The highest BCUT2D eigenvalue weighted by Crippen LogP contribution is 2.17. The van der Waals surface area contributed by atoms with Crippen molar-refractivity contribution in [1.82, 2.24) is 0 Å². The van der Waals surface area contributed by atoms with Gasteiger partial charge in [0.2, 0.25) is 5.76 Å². The third-order valence-electron chi connectivity index (χ3n) is 3.39. The fraction of sp³-hybridized carbons (Fsp3) is 0.250. The average molecular weight is 326 g/mol. The summed E-state index contributed by atoms with van der Waals surface area (Å²) >= 11 is 0. The molecular weight excluding hydrogens is 304 g/mol. The first kappa shape index (κ1) is 17.6. The van der Waals surface area contributed by atoms with Gasteiger partial charge < -0.3 is 14.6 Å². The lowest BCUT2D eigenvalue weighted by Crippen LogP contribution is -2.06. The van der Waals surface area contributed by atoms with Crippen LogP contribution in [-0.4, -0.2) is 17.7 Å². The Morgan fingerprint density at radius 1 is 1.08 bits per heavy atom. The lowest BCUT2D eigenvalue weighted by molar-refractivity contribution is -0.136. The van der Waals surface area contributed by atoms with Crippen LogP contribution in [0.4, 0.5) is 0 Å². The van der Waals surface area contributed by atoms with Crippen molar-refractivity contribution in [2.45, 2.75) is 26.4 Å². The lowest BCUT2D eigenvalue weighted by atomic mass is 10.2. The Labute approximate surface area is 142 Å². The molecule has 0 aromatic heterocycles. The zero-order chi connectivity index (χ0) is 17.2. The Balaban J connectivity index is 1.96. The van der Waals surface area contributed by atoms with Crippen molar-refractivity contribution in [3.05, 3.63) is 71.5 Å². The molecule has 0 fully saturated rings. The summed E-state index contributed by atoms with van der Waals surface area (Å²) in [5, 5.41) is 9.18. The normalized spacial score (nSPS) is 11.1. The van der Waals surface area contributed by atoms with E-state index in [4.69, 9.17) is 9.47 Å². The number of hydrogen-bond donors (Lipinski definition) is 1. The zero-order valence-electron chi connectivity index (χ0n) is 13.8. The van der Waals surface area contributed by atoms with Crippen molar-refractivity contribution in [3.8, 4) is 5.75 Å². The number of hydrogen-bond acceptors (Lipinski definition) is 3. The number of carbonyl (C=O) groups is 1. The first-order chi connectivity index (χ1) is 11.7. The van der Waals surface area contributed by atoms with Crippen LogP contribution in [-0.2, 0) is 16.1 Å². The van der Waals surface area contributed by atoms with E-state index in [1.807, 2.05) is 61.5 Å². The minimum absolute atomic E-state index is 0.0404. The van der Waals surface area contributed by atoms with E-state index in [-0.39, 0.29) is 5.76 Å². The van der Waals surface area contributed by atoms with Gasteiger partial charge in [-0.2, -0.15) is 0 Å². The number of carboxylic acid groups (broad SMARTS) is 1. The van der Waals surface area contributed by atoms with E-state index in [0.29, 0.717) is 13.2 Å². The average Bonchev–Trinajstić information content (AvgIpc) is 2.61. The minimum Gasteiger partial charge on any atom is -0.489 e. The number of unbranched alkanes of at least 4 members (excludes halogenated alkanes) is 1. The molecule has 0 bridgehead atoms. The third kappa shape index (κ3) is 5.80. The predicted octanol–water partition coefficient (Wildman–Crippen LogP) is 4.51. The highest BCUT2D eigenvalue weighted by Gasteiger charge is 2.08. The van der Waals surface area contributed by atoms with Gasteiger partial charge in [0.05, 0.1) is 6.61 Å². The van der Waals surface area contributed by atoms with Crippen LogP contribution in [0.1, 0.15) is 30.9 Å². The van der Waals surface area contributed by atoms with Gasteiger partial charge >= 0.3 is 5.97 Å². The number of aliphatic carboxylic acids is 1. The first-order valence-electron chi connectivity index (χ1n) is 8.03. The molecule has 0 amide bonds. The molecule has 1 N–H and O–H groups in total. The second-order valence-electron chi connectivity index (χ2n) is 5.36. The molecule has 0 unspecified atom stereocenters. The summed E-state index contributed by atoms with van der Waals surface area (Å²) in [5.41, 5.74) is 1.86. The Kier molecular flexibility index (Phi) is 6.90. The fourth-order valence-corrected chi connectivity index (χ4v) is 2.04. The fourth-order valence-electron chi connectivity index (χ4n) is 2.04. The van der Waals surface area contributed by atoms with E-state index in [0.717, 1.165) is 29.7 Å². The van der Waals surface area contributed by atoms with Crippen LogP contribution >= 0.6 is 0 Å². The van der Waals surface area contributed by atoms with Crippen molar-refractivity contribution < 1.29 is 19.4 Å². The van der Waals surface area contributed by atoms with Crippen LogP contribution in [0.15, 0.2) is 60.4 Å². The van der Waals surface area contributed by atoms with E-state index in [1.54, 1.807) is 0 Å². The Morgan fingerprint density at radius 3 is 2.42 bits per heavy atom. The van der Waals surface area contributed by atoms with Gasteiger partial charge in [-0.05, 0) is 35.8 Å². The van der Waals surface area contributed by atoms with Crippen molar-refractivity contribution in [3.63, 3.8) is 0 Å². The van der Waals surface area contributed by atoms with Crippen molar-refractivity contribution in [2.24, 2.45) is 0 Å². The van der Waals surface area contributed by atoms with Gasteiger partial charge in [0, 0.05) is 0 Å². The molecular formula is C20H22O4. The van der Waals surface area contributed by atoms with Crippen molar-refractivity contribution in [1.29, 1.82) is 0 Å². The topological polar surface area (TPSA) is 55.8 Å². The Bertz CT molecular complexity index is 660. The van der Waals surface area contributed by atoms with Gasteiger partial charge in [-0.3, -0.25) is 0 Å². The van der Waals surface area contributed by atoms with Crippen LogP contribution in [0.25, 0.3) is 6.08 Å². The SMILES string of the molecule is CCCCO/C(=C\c1ccc(OCc2ccccc2)cc1)C(=O)O. The number of rotatable bonds is 9. The molecule has 2 aromatic carbocycles. The monoisotopic (exact) mass is 326 g/mol. The van der Waals surface area contributed by atoms with Gasteiger partial charge in [-0.25, -0.2) is 4.79 Å². The Hall–Kier alpha value is -2.75. The predicted molar refractivity (Wildman–Crippen MR) is 93.7 cm³/mol. The smallest absolute Gasteiger partial charge is 0.371 e. The van der Waals surface area contributed by atoms with Gasteiger partial charge in [0.15, 0.2) is 0 Å². The van der Waals surface area contributed by atoms with Crippen molar-refractivity contribution >= 4 is 12.0 Å². The summed E-state index contributed by atoms with van der Waals surface area (Å²) < 4.78 is 11.0. The van der Waals surface area contributed by atoms with Crippen LogP contribution in [0.3, 0.4) is 0 Å². The maximum absolute atomic E-state index is 11.2. The molecule has 126 valence electrons. The van der Waals surface area contributed by atoms with Crippen LogP contribution in [0, 0.1) is 0 Å². The molecule has 0 aliphatic carbocycles. The van der Waals surface area contributed by atoms with E-state index in [9.17, 15) is 9.90 Å². The van der Waals surface area contributed by atoms with Crippen LogP contribution < -0.4 is 4.74 Å². The molecule has 0 saturated carbocycles. The molecule has 0 saturated heterocycles. The van der Waals surface area contributed by atoms with Crippen LogP contribution in [0.5, 0.6) is 5.75 Å². The Morgan fingerprint density at radius 2 is 1.79 bits per heavy atom. The summed E-state index contributed by atoms with van der Waals surface area (Å²) in [6.45, 7) is 2.94. The molecule has 0 heterocycles. The quantitative estimate of drug-likeness (QED) is 0.418. The summed E-state index contributed by atoms with van der Waals surface area (Å²) in [6, 6.07) is 17.2. The first-order valence-corrected chi connectivity index (χ1v) is 8.03. The second-order valence-corrected chi connectivity index (χ2v) is 5.36. The maximum Gasteiger partial charge on any atom is 0.371 e. The highest BCUT2D eigenvalue weighted by molar-refractivity contribution is 5.89. The molecule has 2 aromatic rings. The summed E-state index contributed by atoms with van der Waals surface area (Å²) in [5.74, 6) is -0.364. The van der Waals surface area contributed by atoms with Gasteiger partial charge in [-0.1, -0.05) is 55.8 Å². The summed E-state index contributed by atoms with van der Waals surface area (Å²) in [6.07, 6.45) is 3.32. The standard InChI is InChI=1S/C20H22O4/c1-2-3-13-23-19(20(21)22)14-16-9-11-18(12-10-16)24-15-17-7-5-4-6-8-17/h4-12,14H,2-3,13,15H2,1H3,(H,21,22)/b19-14-. The van der Waals surface area contributed by atoms with Crippen LogP contribution in [0.2, 0.25) is 0 Å². The van der Waals surface area contributed by atoms with E-state index in [1.165, 1.54) is 6.08 Å². The molecule has 0 atom stereocenters. The molecule has 0 aliphatic rings. The molecule has 0 radical (unpaired) electrons. The zero-order valence-corrected chi connectivity index (χ0v) is 13.8. The van der Waals surface area contributed by atoms with E-state index in [2.05, 4.69) is 0 Å². The molecule has 2 rings (SSSR count). The molecule has 0 spiro atoms. The number of benzene rings is 2. The number of carboxylic acids is 1. The largest absolute Gasteiger partial charge is 0.489 e. The minimum atomic E-state index is -1.06. The lowest BCUT2D eigenvalue weighted by Gasteiger charge is -2.08. The molecule has 0 aliphatic heterocycles. The summed E-state index contributed by atoms with van der Waals surface area (Å²) in [4.78, 5) is 11.2. The second kappa shape index (κ2) is 9.40. The van der Waals surface area contributed by atoms with E-state index >= 15 is 0 Å². The molecule has 24 heavy (non-hydrogen) atoms. The molecule has 4 heteroatoms. The summed E-state index contributed by atoms with van der Waals surface area (Å²) in [7, 11) is 0. The van der Waals surface area contributed by atoms with Crippen molar-refractivity contribution in [2.75, 3.05) is 6.61 Å². The van der Waals surface area contributed by atoms with E-state index < -0.39 is 5.97 Å². The highest BCUT2D eigenvalue weighted by atomic mass is 16.5. The maximum atomic E-state index is 11.2.